The monoisotopic (exact) mass is 286 g/mol. The van der Waals surface area contributed by atoms with Crippen LogP contribution in [-0.2, 0) is 6.54 Å². The van der Waals surface area contributed by atoms with Gasteiger partial charge in [-0.1, -0.05) is 35.9 Å². The quantitative estimate of drug-likeness (QED) is 0.843. The molecule has 2 aromatic rings. The van der Waals surface area contributed by atoms with Gasteiger partial charge in [0.1, 0.15) is 5.75 Å². The maximum absolute atomic E-state index is 5.28. The zero-order valence-electron chi connectivity index (χ0n) is 11.6. The van der Waals surface area contributed by atoms with E-state index in [1.54, 1.807) is 7.11 Å². The SMILES string of the molecule is COc1cccc(NC(=S)NCc2cccc(C)c2)c1. The molecule has 104 valence electrons. The molecule has 0 saturated carbocycles. The number of aryl methyl sites for hydroxylation is 1. The Hall–Kier alpha value is -2.07. The molecule has 20 heavy (non-hydrogen) atoms. The first kappa shape index (κ1) is 14.3. The molecular formula is C16H18N2OS. The number of anilines is 1. The second kappa shape index (κ2) is 6.91. The highest BCUT2D eigenvalue weighted by Crippen LogP contribution is 2.16. The number of rotatable bonds is 4. The van der Waals surface area contributed by atoms with E-state index < -0.39 is 0 Å². The van der Waals surface area contributed by atoms with E-state index in [-0.39, 0.29) is 0 Å². The predicted molar refractivity (Wildman–Crippen MR) is 87.2 cm³/mol. The second-order valence-electron chi connectivity index (χ2n) is 4.53. The summed E-state index contributed by atoms with van der Waals surface area (Å²) < 4.78 is 5.18. The summed E-state index contributed by atoms with van der Waals surface area (Å²) in [5.74, 6) is 0.802. The maximum Gasteiger partial charge on any atom is 0.171 e. The Balaban J connectivity index is 1.89. The Morgan fingerprint density at radius 2 is 1.95 bits per heavy atom. The van der Waals surface area contributed by atoms with Crippen LogP contribution < -0.4 is 15.4 Å². The molecule has 0 aliphatic heterocycles. The van der Waals surface area contributed by atoms with Crippen molar-refractivity contribution in [2.24, 2.45) is 0 Å². The van der Waals surface area contributed by atoms with Crippen LogP contribution in [-0.4, -0.2) is 12.2 Å². The van der Waals surface area contributed by atoms with Gasteiger partial charge in [0.25, 0.3) is 0 Å². The van der Waals surface area contributed by atoms with E-state index in [9.17, 15) is 0 Å². The van der Waals surface area contributed by atoms with E-state index in [4.69, 9.17) is 17.0 Å². The van der Waals surface area contributed by atoms with E-state index in [1.807, 2.05) is 30.3 Å². The van der Waals surface area contributed by atoms with Gasteiger partial charge in [-0.2, -0.15) is 0 Å². The molecule has 0 radical (unpaired) electrons. The maximum atomic E-state index is 5.28. The third kappa shape index (κ3) is 4.24. The van der Waals surface area contributed by atoms with Crippen LogP contribution in [0.25, 0.3) is 0 Å². The van der Waals surface area contributed by atoms with E-state index in [0.717, 1.165) is 11.4 Å². The molecular weight excluding hydrogens is 268 g/mol. The highest BCUT2D eigenvalue weighted by molar-refractivity contribution is 7.80. The highest BCUT2D eigenvalue weighted by Gasteiger charge is 2.00. The first-order valence-corrected chi connectivity index (χ1v) is 6.82. The van der Waals surface area contributed by atoms with Crippen molar-refractivity contribution in [2.75, 3.05) is 12.4 Å². The van der Waals surface area contributed by atoms with Gasteiger partial charge in [0.2, 0.25) is 0 Å². The Morgan fingerprint density at radius 3 is 2.70 bits per heavy atom. The highest BCUT2D eigenvalue weighted by atomic mass is 32.1. The average molecular weight is 286 g/mol. The molecule has 0 aliphatic rings. The lowest BCUT2D eigenvalue weighted by molar-refractivity contribution is 0.415. The van der Waals surface area contributed by atoms with Crippen molar-refractivity contribution in [1.82, 2.24) is 5.32 Å². The van der Waals surface area contributed by atoms with E-state index in [2.05, 4.69) is 35.8 Å². The lowest BCUT2D eigenvalue weighted by atomic mass is 10.1. The van der Waals surface area contributed by atoms with E-state index in [1.165, 1.54) is 11.1 Å². The van der Waals surface area contributed by atoms with Gasteiger partial charge in [-0.05, 0) is 36.8 Å². The van der Waals surface area contributed by atoms with Crippen molar-refractivity contribution >= 4 is 23.0 Å². The lowest BCUT2D eigenvalue weighted by Crippen LogP contribution is -2.27. The van der Waals surface area contributed by atoms with Gasteiger partial charge >= 0.3 is 0 Å². The number of benzene rings is 2. The van der Waals surface area contributed by atoms with Crippen molar-refractivity contribution in [3.05, 3.63) is 59.7 Å². The molecule has 2 N–H and O–H groups in total. The van der Waals surface area contributed by atoms with Crippen LogP contribution in [0.4, 0.5) is 5.69 Å². The van der Waals surface area contributed by atoms with Gasteiger partial charge in [-0.3, -0.25) is 0 Å². The zero-order valence-corrected chi connectivity index (χ0v) is 12.5. The molecule has 0 fully saturated rings. The fourth-order valence-electron chi connectivity index (χ4n) is 1.88. The topological polar surface area (TPSA) is 33.3 Å². The minimum Gasteiger partial charge on any atom is -0.497 e. The molecule has 0 bridgehead atoms. The Bertz CT molecular complexity index is 599. The molecule has 4 heteroatoms. The number of methoxy groups -OCH3 is 1. The number of hydrogen-bond donors (Lipinski definition) is 2. The Morgan fingerprint density at radius 1 is 1.15 bits per heavy atom. The summed E-state index contributed by atoms with van der Waals surface area (Å²) in [6, 6.07) is 16.0. The summed E-state index contributed by atoms with van der Waals surface area (Å²) in [6.45, 7) is 2.79. The van der Waals surface area contributed by atoms with Gasteiger partial charge in [0.05, 0.1) is 7.11 Å². The van der Waals surface area contributed by atoms with Crippen LogP contribution in [0.5, 0.6) is 5.75 Å². The average Bonchev–Trinajstić information content (AvgIpc) is 2.45. The van der Waals surface area contributed by atoms with Crippen LogP contribution >= 0.6 is 12.2 Å². The molecule has 0 saturated heterocycles. The van der Waals surface area contributed by atoms with Crippen molar-refractivity contribution in [3.63, 3.8) is 0 Å². The van der Waals surface area contributed by atoms with Gasteiger partial charge in [0.15, 0.2) is 5.11 Å². The third-order valence-electron chi connectivity index (χ3n) is 2.86. The van der Waals surface area contributed by atoms with Gasteiger partial charge in [-0.15, -0.1) is 0 Å². The molecule has 0 spiro atoms. The molecule has 0 amide bonds. The first-order valence-electron chi connectivity index (χ1n) is 6.42. The van der Waals surface area contributed by atoms with Crippen molar-refractivity contribution in [1.29, 1.82) is 0 Å². The second-order valence-corrected chi connectivity index (χ2v) is 4.94. The van der Waals surface area contributed by atoms with Crippen molar-refractivity contribution in [3.8, 4) is 5.75 Å². The fraction of sp³-hybridized carbons (Fsp3) is 0.188. The number of nitrogens with one attached hydrogen (secondary N) is 2. The third-order valence-corrected chi connectivity index (χ3v) is 3.11. The van der Waals surface area contributed by atoms with E-state index >= 15 is 0 Å². The van der Waals surface area contributed by atoms with Gasteiger partial charge < -0.3 is 15.4 Å². The smallest absolute Gasteiger partial charge is 0.171 e. The Kier molecular flexibility index (Phi) is 4.96. The van der Waals surface area contributed by atoms with Crippen molar-refractivity contribution < 1.29 is 4.74 Å². The fourth-order valence-corrected chi connectivity index (χ4v) is 2.07. The summed E-state index contributed by atoms with van der Waals surface area (Å²) in [5.41, 5.74) is 3.36. The van der Waals surface area contributed by atoms with Gasteiger partial charge in [-0.25, -0.2) is 0 Å². The van der Waals surface area contributed by atoms with E-state index in [0.29, 0.717) is 11.7 Å². The Labute approximate surface area is 125 Å². The van der Waals surface area contributed by atoms with Crippen LogP contribution in [0.3, 0.4) is 0 Å². The lowest BCUT2D eigenvalue weighted by Gasteiger charge is -2.11. The first-order chi connectivity index (χ1) is 9.67. The minimum absolute atomic E-state index is 0.597. The summed E-state index contributed by atoms with van der Waals surface area (Å²) in [6.07, 6.45) is 0. The van der Waals surface area contributed by atoms with Gasteiger partial charge in [0, 0.05) is 18.3 Å². The largest absolute Gasteiger partial charge is 0.497 e. The summed E-state index contributed by atoms with van der Waals surface area (Å²) >= 11 is 5.28. The molecule has 3 nitrogen and oxygen atoms in total. The van der Waals surface area contributed by atoms with Crippen LogP contribution in [0, 0.1) is 6.92 Å². The minimum atomic E-state index is 0.597. The number of ether oxygens (including phenoxy) is 1. The molecule has 0 heterocycles. The summed E-state index contributed by atoms with van der Waals surface area (Å²) in [5, 5.41) is 6.93. The predicted octanol–water partition coefficient (Wildman–Crippen LogP) is 3.49. The molecule has 2 aromatic carbocycles. The molecule has 2 rings (SSSR count). The summed E-state index contributed by atoms with van der Waals surface area (Å²) in [4.78, 5) is 0. The zero-order chi connectivity index (χ0) is 14.4. The summed E-state index contributed by atoms with van der Waals surface area (Å²) in [7, 11) is 1.65. The molecule has 0 unspecified atom stereocenters. The number of hydrogen-bond acceptors (Lipinski definition) is 2. The normalized spacial score (nSPS) is 9.90. The molecule has 0 aromatic heterocycles. The van der Waals surface area contributed by atoms with Crippen LogP contribution in [0.2, 0.25) is 0 Å². The van der Waals surface area contributed by atoms with Crippen LogP contribution in [0.15, 0.2) is 48.5 Å². The number of thiocarbonyl (C=S) groups is 1. The standard InChI is InChI=1S/C16H18N2OS/c1-12-5-3-6-13(9-12)11-17-16(20)18-14-7-4-8-15(10-14)19-2/h3-10H,11H2,1-2H3,(H2,17,18,20). The van der Waals surface area contributed by atoms with Crippen LogP contribution in [0.1, 0.15) is 11.1 Å². The molecule has 0 aliphatic carbocycles. The van der Waals surface area contributed by atoms with Crippen molar-refractivity contribution in [2.45, 2.75) is 13.5 Å². The molecule has 0 atom stereocenters.